The van der Waals surface area contributed by atoms with Crippen molar-refractivity contribution < 1.29 is 20.1 Å². The Hall–Kier alpha value is -3.23. The maximum Gasteiger partial charge on any atom is 0.303 e. The summed E-state index contributed by atoms with van der Waals surface area (Å²) in [5.74, 6) is -0.363. The Morgan fingerprint density at radius 3 is 1.53 bits per heavy atom. The van der Waals surface area contributed by atoms with Crippen molar-refractivity contribution in [1.29, 1.82) is 0 Å². The van der Waals surface area contributed by atoms with Crippen molar-refractivity contribution in [3.05, 3.63) is 57.6 Å². The number of aliphatic carboxylic acids is 1. The number of hydrogen-bond acceptors (Lipinski definition) is 7. The second-order valence-corrected chi connectivity index (χ2v) is 14.9. The quantitative estimate of drug-likeness (QED) is 0.0946. The third-order valence-corrected chi connectivity index (χ3v) is 7.79. The number of phenolic OH excluding ortho intramolecular Hbond substituents is 2. The van der Waals surface area contributed by atoms with Crippen molar-refractivity contribution in [3.63, 3.8) is 0 Å². The van der Waals surface area contributed by atoms with Crippen molar-refractivity contribution in [3.8, 4) is 11.5 Å². The lowest BCUT2D eigenvalue weighted by Gasteiger charge is -2.27. The number of aliphatic imine (C=N–C) groups is 2. The van der Waals surface area contributed by atoms with Gasteiger partial charge in [-0.2, -0.15) is 0 Å². The van der Waals surface area contributed by atoms with Gasteiger partial charge in [-0.05, 0) is 52.3 Å². The van der Waals surface area contributed by atoms with Crippen LogP contribution in [0.15, 0.2) is 34.3 Å². The van der Waals surface area contributed by atoms with E-state index < -0.39 is 5.97 Å². The largest absolute Gasteiger partial charge is 0.507 e. The number of nitrogens with zero attached hydrogens (tertiary/aromatic N) is 2. The van der Waals surface area contributed by atoms with E-state index in [1.165, 1.54) is 0 Å². The number of carboxylic acids is 1. The van der Waals surface area contributed by atoms with Crippen LogP contribution in [0.3, 0.4) is 0 Å². The van der Waals surface area contributed by atoms with Crippen LogP contribution in [0.2, 0.25) is 0 Å². The average molecular weight is 623 g/mol. The molecule has 0 saturated heterocycles. The molecule has 0 spiro atoms. The Kier molecular flexibility index (Phi) is 14.3. The first-order chi connectivity index (χ1) is 20.9. The van der Waals surface area contributed by atoms with E-state index in [0.717, 1.165) is 53.7 Å². The molecule has 45 heavy (non-hydrogen) atoms. The number of nitrogens with one attached hydrogen (secondary N) is 2. The lowest BCUT2D eigenvalue weighted by Crippen LogP contribution is -2.37. The summed E-state index contributed by atoms with van der Waals surface area (Å²) in [6, 6.07) is 8.14. The molecule has 0 amide bonds. The second-order valence-electron chi connectivity index (χ2n) is 14.9. The minimum Gasteiger partial charge on any atom is -0.507 e. The van der Waals surface area contributed by atoms with Crippen LogP contribution < -0.4 is 10.6 Å². The van der Waals surface area contributed by atoms with Crippen LogP contribution in [0.1, 0.15) is 121 Å². The van der Waals surface area contributed by atoms with Crippen molar-refractivity contribution in [1.82, 2.24) is 10.6 Å². The highest BCUT2D eigenvalue weighted by Gasteiger charge is 2.22. The highest BCUT2D eigenvalue weighted by atomic mass is 16.4. The maximum atomic E-state index is 11.1. The van der Waals surface area contributed by atoms with E-state index in [1.54, 1.807) is 12.4 Å². The molecular weight excluding hydrogens is 564 g/mol. The van der Waals surface area contributed by atoms with E-state index in [2.05, 4.69) is 89.0 Å². The van der Waals surface area contributed by atoms with Crippen LogP contribution in [0.4, 0.5) is 0 Å². The van der Waals surface area contributed by atoms with Gasteiger partial charge in [0.2, 0.25) is 0 Å². The monoisotopic (exact) mass is 622 g/mol. The number of unbranched alkanes of at least 4 members (excludes halogenated alkanes) is 1. The number of benzene rings is 2. The van der Waals surface area contributed by atoms with Gasteiger partial charge in [0.25, 0.3) is 0 Å². The van der Waals surface area contributed by atoms with E-state index in [9.17, 15) is 15.0 Å². The van der Waals surface area contributed by atoms with Gasteiger partial charge in [-0.1, -0.05) is 80.9 Å². The summed E-state index contributed by atoms with van der Waals surface area (Å²) < 4.78 is 0. The molecule has 0 radical (unpaired) electrons. The van der Waals surface area contributed by atoms with Gasteiger partial charge >= 0.3 is 5.97 Å². The summed E-state index contributed by atoms with van der Waals surface area (Å²) in [7, 11) is 0. The molecule has 0 aliphatic heterocycles. The highest BCUT2D eigenvalue weighted by molar-refractivity contribution is 5.85. The fraction of sp³-hybridized carbons (Fsp3) is 0.595. The number of hydrogen-bond donors (Lipinski definition) is 5. The first-order valence-corrected chi connectivity index (χ1v) is 16.3. The number of phenols is 2. The van der Waals surface area contributed by atoms with Gasteiger partial charge in [0.15, 0.2) is 0 Å². The van der Waals surface area contributed by atoms with Crippen LogP contribution in [0, 0.1) is 5.41 Å². The van der Waals surface area contributed by atoms with E-state index in [-0.39, 0.29) is 34.2 Å². The number of carboxylic acid groups (broad SMARTS) is 1. The minimum absolute atomic E-state index is 0.0560. The molecule has 0 bridgehead atoms. The average Bonchev–Trinajstić information content (AvgIpc) is 2.92. The molecule has 0 heterocycles. The summed E-state index contributed by atoms with van der Waals surface area (Å²) in [6.07, 6.45) is 6.10. The summed E-state index contributed by atoms with van der Waals surface area (Å²) >= 11 is 0. The predicted octanol–water partition coefficient (Wildman–Crippen LogP) is 7.10. The lowest BCUT2D eigenvalue weighted by atomic mass is 9.84. The van der Waals surface area contributed by atoms with Crippen molar-refractivity contribution in [2.75, 3.05) is 26.2 Å². The maximum absolute atomic E-state index is 11.1. The smallest absolute Gasteiger partial charge is 0.303 e. The molecule has 5 N–H and O–H groups in total. The molecule has 0 aromatic heterocycles. The van der Waals surface area contributed by atoms with Gasteiger partial charge in [-0.3, -0.25) is 14.8 Å². The molecule has 0 saturated carbocycles. The molecule has 8 heteroatoms. The zero-order valence-corrected chi connectivity index (χ0v) is 29.2. The SMILES string of the molecule is CCCC/N=C/c1cc(C(C)(C)C)cc(CNCC(C)(C)CNCc2cc(C(C)(C)C)cc(/C=N/CCCC(=O)O)c2O)c1O. The highest BCUT2D eigenvalue weighted by Crippen LogP contribution is 2.32. The predicted molar refractivity (Wildman–Crippen MR) is 188 cm³/mol. The van der Waals surface area contributed by atoms with Gasteiger partial charge in [0, 0.05) is 80.4 Å². The van der Waals surface area contributed by atoms with Crippen LogP contribution >= 0.6 is 0 Å². The Labute approximate surface area is 271 Å². The Morgan fingerprint density at radius 2 is 1.16 bits per heavy atom. The summed E-state index contributed by atoms with van der Waals surface area (Å²) in [5.41, 5.74) is 5.05. The molecule has 0 atom stereocenters. The second kappa shape index (κ2) is 16.9. The van der Waals surface area contributed by atoms with Gasteiger partial charge in [-0.25, -0.2) is 0 Å². The van der Waals surface area contributed by atoms with Crippen LogP contribution in [-0.2, 0) is 28.7 Å². The fourth-order valence-electron chi connectivity index (χ4n) is 4.80. The van der Waals surface area contributed by atoms with Gasteiger partial charge in [0.05, 0.1) is 0 Å². The van der Waals surface area contributed by atoms with Crippen molar-refractivity contribution >= 4 is 18.4 Å². The van der Waals surface area contributed by atoms with E-state index in [0.29, 0.717) is 38.2 Å². The van der Waals surface area contributed by atoms with Gasteiger partial charge in [-0.15, -0.1) is 0 Å². The normalized spacial score (nSPS) is 12.9. The third-order valence-electron chi connectivity index (χ3n) is 7.79. The standard InChI is InChI=1S/C37H58N4O4/c1-10-11-14-38-20-26-16-30(35(2,3)4)18-28(33(26)44)22-40-24-37(8,9)25-41-23-29-19-31(36(5,6)7)17-27(34(29)45)21-39-15-12-13-32(42)43/h16-21,40-41,44-45H,10-15,22-25H2,1-9H3,(H,42,43)/b38-20+,39-21+. The van der Waals surface area contributed by atoms with E-state index >= 15 is 0 Å². The van der Waals surface area contributed by atoms with Crippen molar-refractivity contribution in [2.45, 2.75) is 112 Å². The molecular formula is C37H58N4O4. The van der Waals surface area contributed by atoms with Gasteiger partial charge < -0.3 is 26.0 Å². The summed E-state index contributed by atoms with van der Waals surface area (Å²) in [6.45, 7) is 23.1. The Morgan fingerprint density at radius 1 is 0.733 bits per heavy atom. The number of carbonyl (C=O) groups is 1. The van der Waals surface area contributed by atoms with Gasteiger partial charge in [0.1, 0.15) is 11.5 Å². The molecule has 0 aliphatic rings. The molecule has 2 rings (SSSR count). The topological polar surface area (TPSA) is 127 Å². The zero-order valence-electron chi connectivity index (χ0n) is 29.2. The Bertz CT molecular complexity index is 1320. The molecule has 0 unspecified atom stereocenters. The van der Waals surface area contributed by atoms with Crippen LogP contribution in [0.25, 0.3) is 0 Å². The molecule has 0 fully saturated rings. The molecule has 2 aromatic rings. The number of rotatable bonds is 17. The molecule has 0 aliphatic carbocycles. The summed E-state index contributed by atoms with van der Waals surface area (Å²) in [5, 5.41) is 38.1. The minimum atomic E-state index is -0.834. The van der Waals surface area contributed by atoms with E-state index in [1.807, 2.05) is 18.2 Å². The fourth-order valence-corrected chi connectivity index (χ4v) is 4.80. The third kappa shape index (κ3) is 13.0. The lowest BCUT2D eigenvalue weighted by molar-refractivity contribution is -0.137. The number of aromatic hydroxyl groups is 2. The molecule has 8 nitrogen and oxygen atoms in total. The van der Waals surface area contributed by atoms with Crippen LogP contribution in [0.5, 0.6) is 11.5 Å². The first kappa shape index (κ1) is 38.0. The first-order valence-electron chi connectivity index (χ1n) is 16.3. The molecule has 2 aromatic carbocycles. The van der Waals surface area contributed by atoms with E-state index in [4.69, 9.17) is 5.11 Å². The molecule has 250 valence electrons. The summed E-state index contributed by atoms with van der Waals surface area (Å²) in [4.78, 5) is 19.7. The van der Waals surface area contributed by atoms with Crippen LogP contribution in [-0.4, -0.2) is 59.9 Å². The van der Waals surface area contributed by atoms with Crippen molar-refractivity contribution in [2.24, 2.45) is 15.4 Å². The Balaban J connectivity index is 2.09. The zero-order chi connectivity index (χ0) is 33.8.